The largest absolute Gasteiger partial charge is 0.381 e. The van der Waals surface area contributed by atoms with E-state index in [2.05, 4.69) is 19.2 Å². The molecule has 1 aliphatic carbocycles. The topological polar surface area (TPSA) is 34.0 Å². The summed E-state index contributed by atoms with van der Waals surface area (Å²) in [4.78, 5) is 11.6. The van der Waals surface area contributed by atoms with E-state index in [4.69, 9.17) is 0 Å². The molecule has 0 amide bonds. The molecule has 3 heteroatoms. The summed E-state index contributed by atoms with van der Waals surface area (Å²) in [5.41, 5.74) is 1.19. The third-order valence-corrected chi connectivity index (χ3v) is 3.94. The molecule has 0 radical (unpaired) electrons. The maximum absolute atomic E-state index is 11.6. The zero-order valence-corrected chi connectivity index (χ0v) is 11.5. The van der Waals surface area contributed by atoms with Gasteiger partial charge >= 0.3 is 0 Å². The van der Waals surface area contributed by atoms with Crippen molar-refractivity contribution in [1.82, 2.24) is 4.57 Å². The predicted molar refractivity (Wildman–Crippen MR) is 76.0 cm³/mol. The number of hydrogen-bond donors (Lipinski definition) is 1. The Bertz CT molecular complexity index is 438. The first-order valence-electron chi connectivity index (χ1n) is 7.20. The third kappa shape index (κ3) is 3.15. The second-order valence-electron chi connectivity index (χ2n) is 5.38. The Kier molecular flexibility index (Phi) is 4.45. The first-order chi connectivity index (χ1) is 8.72. The van der Waals surface area contributed by atoms with Crippen LogP contribution in [0.25, 0.3) is 0 Å². The molecular formula is C15H24N2O. The maximum Gasteiger partial charge on any atom is 0.250 e. The third-order valence-electron chi connectivity index (χ3n) is 3.94. The van der Waals surface area contributed by atoms with Crippen LogP contribution in [0.15, 0.2) is 23.1 Å². The van der Waals surface area contributed by atoms with Crippen molar-refractivity contribution >= 4 is 5.69 Å². The normalized spacial score (nSPS) is 23.2. The van der Waals surface area contributed by atoms with Gasteiger partial charge in [-0.05, 0) is 37.7 Å². The molecule has 1 aromatic heterocycles. The second kappa shape index (κ2) is 6.07. The summed E-state index contributed by atoms with van der Waals surface area (Å²) in [6.45, 7) is 5.17. The molecule has 1 saturated carbocycles. The Balaban J connectivity index is 2.01. The molecule has 2 atom stereocenters. The lowest BCUT2D eigenvalue weighted by Crippen LogP contribution is -2.21. The molecule has 1 fully saturated rings. The van der Waals surface area contributed by atoms with Crippen molar-refractivity contribution in [2.24, 2.45) is 5.92 Å². The van der Waals surface area contributed by atoms with Crippen molar-refractivity contribution in [3.8, 4) is 0 Å². The lowest BCUT2D eigenvalue weighted by Gasteiger charge is -2.15. The van der Waals surface area contributed by atoms with E-state index < -0.39 is 0 Å². The molecule has 1 aromatic rings. The van der Waals surface area contributed by atoms with Crippen LogP contribution in [0.5, 0.6) is 0 Å². The van der Waals surface area contributed by atoms with E-state index in [0.29, 0.717) is 6.04 Å². The van der Waals surface area contributed by atoms with Crippen molar-refractivity contribution in [3.05, 3.63) is 28.7 Å². The average molecular weight is 248 g/mol. The average Bonchev–Trinajstić information content (AvgIpc) is 2.81. The number of hydrogen-bond acceptors (Lipinski definition) is 2. The Morgan fingerprint density at radius 1 is 1.33 bits per heavy atom. The van der Waals surface area contributed by atoms with Gasteiger partial charge in [0.15, 0.2) is 0 Å². The number of anilines is 1. The van der Waals surface area contributed by atoms with Crippen molar-refractivity contribution < 1.29 is 0 Å². The Morgan fingerprint density at radius 3 is 2.83 bits per heavy atom. The van der Waals surface area contributed by atoms with E-state index in [1.165, 1.54) is 25.7 Å². The number of aryl methyl sites for hydroxylation is 1. The molecule has 0 bridgehead atoms. The van der Waals surface area contributed by atoms with Crippen molar-refractivity contribution in [3.63, 3.8) is 0 Å². The van der Waals surface area contributed by atoms with Crippen LogP contribution in [0, 0.1) is 5.92 Å². The lowest BCUT2D eigenvalue weighted by molar-refractivity contribution is 0.525. The van der Waals surface area contributed by atoms with Gasteiger partial charge in [0.05, 0.1) is 5.69 Å². The van der Waals surface area contributed by atoms with Gasteiger partial charge in [-0.1, -0.05) is 20.3 Å². The van der Waals surface area contributed by atoms with Crippen LogP contribution in [0.2, 0.25) is 0 Å². The van der Waals surface area contributed by atoms with Crippen LogP contribution in [0.4, 0.5) is 5.69 Å². The highest BCUT2D eigenvalue weighted by Crippen LogP contribution is 2.29. The molecule has 1 N–H and O–H groups in total. The summed E-state index contributed by atoms with van der Waals surface area (Å²) >= 11 is 0. The van der Waals surface area contributed by atoms with Gasteiger partial charge in [0.25, 0.3) is 5.56 Å². The zero-order chi connectivity index (χ0) is 13.0. The molecular weight excluding hydrogens is 224 g/mol. The van der Waals surface area contributed by atoms with Gasteiger partial charge in [-0.2, -0.15) is 0 Å². The maximum atomic E-state index is 11.6. The van der Waals surface area contributed by atoms with E-state index in [0.717, 1.165) is 24.6 Å². The smallest absolute Gasteiger partial charge is 0.250 e. The fourth-order valence-electron chi connectivity index (χ4n) is 2.84. The van der Waals surface area contributed by atoms with Crippen LogP contribution in [0.1, 0.15) is 46.0 Å². The fraction of sp³-hybridized carbons (Fsp3) is 0.667. The van der Waals surface area contributed by atoms with E-state index in [-0.39, 0.29) is 5.56 Å². The SMILES string of the molecule is CCCn1cc(NC2CCC(CC)C2)ccc1=O. The predicted octanol–water partition coefficient (Wildman–Crippen LogP) is 3.25. The quantitative estimate of drug-likeness (QED) is 0.868. The van der Waals surface area contributed by atoms with Gasteiger partial charge in [-0.25, -0.2) is 0 Å². The first-order valence-corrected chi connectivity index (χ1v) is 7.20. The minimum absolute atomic E-state index is 0.0975. The molecule has 18 heavy (non-hydrogen) atoms. The van der Waals surface area contributed by atoms with Gasteiger partial charge in [0.2, 0.25) is 0 Å². The van der Waals surface area contributed by atoms with Gasteiger partial charge < -0.3 is 9.88 Å². The summed E-state index contributed by atoms with van der Waals surface area (Å²) in [7, 11) is 0. The fourth-order valence-corrected chi connectivity index (χ4v) is 2.84. The van der Waals surface area contributed by atoms with Crippen molar-refractivity contribution in [2.75, 3.05) is 5.32 Å². The molecule has 0 aromatic carbocycles. The summed E-state index contributed by atoms with van der Waals surface area (Å²) < 4.78 is 1.80. The summed E-state index contributed by atoms with van der Waals surface area (Å²) in [5, 5.41) is 3.57. The van der Waals surface area contributed by atoms with Crippen molar-refractivity contribution in [2.45, 2.75) is 58.5 Å². The molecule has 0 saturated heterocycles. The number of pyridine rings is 1. The van der Waals surface area contributed by atoms with E-state index in [1.807, 2.05) is 12.3 Å². The Labute approximate surface area is 109 Å². The van der Waals surface area contributed by atoms with E-state index in [1.54, 1.807) is 10.6 Å². The monoisotopic (exact) mass is 248 g/mol. The van der Waals surface area contributed by atoms with Crippen LogP contribution >= 0.6 is 0 Å². The highest BCUT2D eigenvalue weighted by molar-refractivity contribution is 5.41. The highest BCUT2D eigenvalue weighted by atomic mass is 16.1. The van der Waals surface area contributed by atoms with E-state index in [9.17, 15) is 4.79 Å². The molecule has 0 spiro atoms. The second-order valence-corrected chi connectivity index (χ2v) is 5.38. The molecule has 2 rings (SSSR count). The number of nitrogens with one attached hydrogen (secondary N) is 1. The van der Waals surface area contributed by atoms with Gasteiger partial charge in [-0.15, -0.1) is 0 Å². The number of rotatable bonds is 5. The minimum Gasteiger partial charge on any atom is -0.381 e. The van der Waals surface area contributed by atoms with Gasteiger partial charge in [-0.3, -0.25) is 4.79 Å². The van der Waals surface area contributed by atoms with Crippen LogP contribution in [0.3, 0.4) is 0 Å². The highest BCUT2D eigenvalue weighted by Gasteiger charge is 2.22. The van der Waals surface area contributed by atoms with E-state index >= 15 is 0 Å². The molecule has 0 aliphatic heterocycles. The number of nitrogens with zero attached hydrogens (tertiary/aromatic N) is 1. The molecule has 100 valence electrons. The first kappa shape index (κ1) is 13.2. The summed E-state index contributed by atoms with van der Waals surface area (Å²) in [6, 6.07) is 4.17. The molecule has 1 heterocycles. The van der Waals surface area contributed by atoms with Crippen molar-refractivity contribution in [1.29, 1.82) is 0 Å². The minimum atomic E-state index is 0.0975. The molecule has 2 unspecified atom stereocenters. The molecule has 1 aliphatic rings. The van der Waals surface area contributed by atoms with Crippen LogP contribution in [-0.4, -0.2) is 10.6 Å². The van der Waals surface area contributed by atoms with Gasteiger partial charge in [0, 0.05) is 24.8 Å². The lowest BCUT2D eigenvalue weighted by atomic mass is 10.1. The summed E-state index contributed by atoms with van der Waals surface area (Å²) in [6.07, 6.45) is 8.10. The molecule has 3 nitrogen and oxygen atoms in total. The Morgan fingerprint density at radius 2 is 2.17 bits per heavy atom. The van der Waals surface area contributed by atoms with Crippen LogP contribution in [-0.2, 0) is 6.54 Å². The Hall–Kier alpha value is -1.25. The van der Waals surface area contributed by atoms with Gasteiger partial charge in [0.1, 0.15) is 0 Å². The zero-order valence-electron chi connectivity index (χ0n) is 11.5. The van der Waals surface area contributed by atoms with Crippen LogP contribution < -0.4 is 10.9 Å². The summed E-state index contributed by atoms with van der Waals surface area (Å²) in [5.74, 6) is 0.879. The standard InChI is InChI=1S/C15H24N2O/c1-3-9-17-11-14(7-8-15(17)18)16-13-6-5-12(4-2)10-13/h7-8,11-13,16H,3-6,9-10H2,1-2H3. The number of aromatic nitrogens is 1.